The molecule has 1 aromatic carbocycles. The van der Waals surface area contributed by atoms with Crippen molar-refractivity contribution in [3.05, 3.63) is 51.7 Å². The summed E-state index contributed by atoms with van der Waals surface area (Å²) < 4.78 is 26.6. The molecule has 0 aliphatic rings. The Morgan fingerprint density at radius 2 is 1.84 bits per heavy atom. The van der Waals surface area contributed by atoms with E-state index in [0.717, 1.165) is 0 Å². The van der Waals surface area contributed by atoms with Crippen LogP contribution < -0.4 is 4.72 Å². The molecule has 19 heavy (non-hydrogen) atoms. The van der Waals surface area contributed by atoms with Crippen LogP contribution >= 0.6 is 34.8 Å². The van der Waals surface area contributed by atoms with Crippen molar-refractivity contribution in [2.24, 2.45) is 0 Å². The van der Waals surface area contributed by atoms with Gasteiger partial charge in [-0.05, 0) is 30.3 Å². The summed E-state index contributed by atoms with van der Waals surface area (Å²) in [6.07, 6.45) is 1.40. The van der Waals surface area contributed by atoms with E-state index in [2.05, 4.69) is 9.71 Å². The van der Waals surface area contributed by atoms with Crippen molar-refractivity contribution in [1.29, 1.82) is 0 Å². The van der Waals surface area contributed by atoms with Gasteiger partial charge in [0.1, 0.15) is 10.0 Å². The Morgan fingerprint density at radius 1 is 1.11 bits per heavy atom. The summed E-state index contributed by atoms with van der Waals surface area (Å²) >= 11 is 17.4. The highest BCUT2D eigenvalue weighted by Gasteiger charge is 2.19. The van der Waals surface area contributed by atoms with E-state index in [0.29, 0.717) is 5.02 Å². The molecule has 0 aliphatic heterocycles. The third-order valence-corrected chi connectivity index (χ3v) is 4.55. The highest BCUT2D eigenvalue weighted by molar-refractivity contribution is 7.92. The van der Waals surface area contributed by atoms with Gasteiger partial charge in [-0.25, -0.2) is 13.4 Å². The number of nitrogens with one attached hydrogen (secondary N) is 1. The first kappa shape index (κ1) is 14.4. The second-order valence-electron chi connectivity index (χ2n) is 3.52. The van der Waals surface area contributed by atoms with Crippen LogP contribution in [-0.4, -0.2) is 13.4 Å². The van der Waals surface area contributed by atoms with E-state index in [1.165, 1.54) is 36.5 Å². The molecule has 0 radical (unpaired) electrons. The lowest BCUT2D eigenvalue weighted by atomic mass is 10.3. The maximum absolute atomic E-state index is 12.1. The van der Waals surface area contributed by atoms with Crippen LogP contribution in [0.25, 0.3) is 0 Å². The molecule has 0 aliphatic carbocycles. The van der Waals surface area contributed by atoms with Crippen molar-refractivity contribution < 1.29 is 8.42 Å². The average Bonchev–Trinajstić information content (AvgIpc) is 2.33. The van der Waals surface area contributed by atoms with Crippen LogP contribution in [0.1, 0.15) is 0 Å². The Hall–Kier alpha value is -1.01. The number of anilines is 1. The number of hydrogen-bond donors (Lipinski definition) is 1. The lowest BCUT2D eigenvalue weighted by molar-refractivity contribution is 0.601. The molecule has 8 heteroatoms. The Bertz CT molecular complexity index is 720. The molecule has 0 saturated heterocycles. The zero-order valence-electron chi connectivity index (χ0n) is 9.27. The van der Waals surface area contributed by atoms with Gasteiger partial charge in [-0.1, -0.05) is 34.8 Å². The lowest BCUT2D eigenvalue weighted by Crippen LogP contribution is -2.14. The molecule has 2 aromatic rings. The van der Waals surface area contributed by atoms with Crippen LogP contribution in [0, 0.1) is 0 Å². The predicted molar refractivity (Wildman–Crippen MR) is 76.5 cm³/mol. The van der Waals surface area contributed by atoms with Crippen LogP contribution in [0.3, 0.4) is 0 Å². The summed E-state index contributed by atoms with van der Waals surface area (Å²) in [5.41, 5.74) is 0.214. The standard InChI is InChI=1S/C11H7Cl3N2O2S/c12-7-3-4-9(8(13)6-7)16-19(17,18)10-2-1-5-15-11(10)14/h1-6,16H. The average molecular weight is 338 g/mol. The van der Waals surface area contributed by atoms with Gasteiger partial charge in [0.25, 0.3) is 10.0 Å². The molecule has 0 bridgehead atoms. The molecular formula is C11H7Cl3N2O2S. The highest BCUT2D eigenvalue weighted by atomic mass is 35.5. The largest absolute Gasteiger partial charge is 0.278 e. The van der Waals surface area contributed by atoms with Crippen LogP contribution in [0.4, 0.5) is 5.69 Å². The number of nitrogens with zero attached hydrogens (tertiary/aromatic N) is 1. The molecular weight excluding hydrogens is 331 g/mol. The van der Waals surface area contributed by atoms with Crippen molar-refractivity contribution in [2.45, 2.75) is 4.90 Å². The Balaban J connectivity index is 2.40. The van der Waals surface area contributed by atoms with E-state index >= 15 is 0 Å². The summed E-state index contributed by atoms with van der Waals surface area (Å²) in [7, 11) is -3.85. The molecule has 100 valence electrons. The molecule has 0 fully saturated rings. The minimum atomic E-state index is -3.85. The van der Waals surface area contributed by atoms with Gasteiger partial charge in [-0.2, -0.15) is 0 Å². The number of hydrogen-bond acceptors (Lipinski definition) is 3. The topological polar surface area (TPSA) is 59.1 Å². The zero-order chi connectivity index (χ0) is 14.0. The predicted octanol–water partition coefficient (Wildman–Crippen LogP) is 3.84. The third-order valence-electron chi connectivity index (χ3n) is 2.19. The number of halogens is 3. The van der Waals surface area contributed by atoms with Crippen LogP contribution in [-0.2, 0) is 10.0 Å². The fraction of sp³-hybridized carbons (Fsp3) is 0. The molecule has 0 unspecified atom stereocenters. The molecule has 4 nitrogen and oxygen atoms in total. The van der Waals surface area contributed by atoms with Crippen molar-refractivity contribution >= 4 is 50.5 Å². The number of rotatable bonds is 3. The molecule has 0 atom stereocenters. The summed E-state index contributed by atoms with van der Waals surface area (Å²) in [5.74, 6) is 0. The van der Waals surface area contributed by atoms with Crippen molar-refractivity contribution in [2.75, 3.05) is 4.72 Å². The molecule has 1 N–H and O–H groups in total. The van der Waals surface area contributed by atoms with E-state index in [-0.39, 0.29) is 20.8 Å². The third kappa shape index (κ3) is 3.30. The number of aromatic nitrogens is 1. The van der Waals surface area contributed by atoms with Crippen molar-refractivity contribution in [1.82, 2.24) is 4.98 Å². The number of sulfonamides is 1. The highest BCUT2D eigenvalue weighted by Crippen LogP contribution is 2.28. The smallest absolute Gasteiger partial charge is 0.265 e. The van der Waals surface area contributed by atoms with Crippen LogP contribution in [0.2, 0.25) is 15.2 Å². The molecule has 1 aromatic heterocycles. The summed E-state index contributed by atoms with van der Waals surface area (Å²) in [4.78, 5) is 3.59. The maximum atomic E-state index is 12.1. The number of pyridine rings is 1. The summed E-state index contributed by atoms with van der Waals surface area (Å²) in [6.45, 7) is 0. The molecule has 1 heterocycles. The Labute approximate surface area is 125 Å². The Kier molecular flexibility index (Phi) is 4.20. The van der Waals surface area contributed by atoms with Crippen LogP contribution in [0.5, 0.6) is 0 Å². The monoisotopic (exact) mass is 336 g/mol. The second-order valence-corrected chi connectivity index (χ2v) is 6.37. The quantitative estimate of drug-likeness (QED) is 0.866. The van der Waals surface area contributed by atoms with Gasteiger partial charge in [-0.3, -0.25) is 4.72 Å². The van der Waals surface area contributed by atoms with E-state index in [4.69, 9.17) is 34.8 Å². The SMILES string of the molecule is O=S(=O)(Nc1ccc(Cl)cc1Cl)c1cccnc1Cl. The molecule has 2 rings (SSSR count). The van der Waals surface area contributed by atoms with Gasteiger partial charge < -0.3 is 0 Å². The second kappa shape index (κ2) is 5.54. The zero-order valence-corrected chi connectivity index (χ0v) is 12.4. The molecule has 0 saturated carbocycles. The fourth-order valence-corrected chi connectivity index (χ4v) is 3.39. The van der Waals surface area contributed by atoms with Gasteiger partial charge in [0.2, 0.25) is 0 Å². The van der Waals surface area contributed by atoms with Gasteiger partial charge in [0.15, 0.2) is 0 Å². The normalized spacial score (nSPS) is 11.3. The van der Waals surface area contributed by atoms with E-state index in [9.17, 15) is 8.42 Å². The van der Waals surface area contributed by atoms with Gasteiger partial charge in [-0.15, -0.1) is 0 Å². The van der Waals surface area contributed by atoms with Crippen LogP contribution in [0.15, 0.2) is 41.4 Å². The first-order valence-corrected chi connectivity index (χ1v) is 7.60. The van der Waals surface area contributed by atoms with Gasteiger partial charge >= 0.3 is 0 Å². The first-order valence-electron chi connectivity index (χ1n) is 4.98. The maximum Gasteiger partial charge on any atom is 0.265 e. The fourth-order valence-electron chi connectivity index (χ4n) is 1.34. The first-order chi connectivity index (χ1) is 8.90. The lowest BCUT2D eigenvalue weighted by Gasteiger charge is -2.10. The van der Waals surface area contributed by atoms with E-state index in [1.54, 1.807) is 0 Å². The van der Waals surface area contributed by atoms with E-state index < -0.39 is 10.0 Å². The molecule has 0 spiro atoms. The van der Waals surface area contributed by atoms with Crippen molar-refractivity contribution in [3.63, 3.8) is 0 Å². The summed E-state index contributed by atoms with van der Waals surface area (Å²) in [5, 5.41) is 0.489. The number of benzene rings is 1. The van der Waals surface area contributed by atoms with Gasteiger partial charge in [0, 0.05) is 11.2 Å². The minimum Gasteiger partial charge on any atom is -0.278 e. The summed E-state index contributed by atoms with van der Waals surface area (Å²) in [6, 6.07) is 7.25. The minimum absolute atomic E-state index is 0.111. The van der Waals surface area contributed by atoms with Crippen molar-refractivity contribution in [3.8, 4) is 0 Å². The molecule has 0 amide bonds. The Morgan fingerprint density at radius 3 is 2.47 bits per heavy atom. The van der Waals surface area contributed by atoms with E-state index in [1.807, 2.05) is 0 Å². The van der Waals surface area contributed by atoms with Gasteiger partial charge in [0.05, 0.1) is 10.7 Å².